The largest absolute Gasteiger partial charge is 0.454 e. The quantitative estimate of drug-likeness (QED) is 0.170. The first-order valence-corrected chi connectivity index (χ1v) is 18.6. The van der Waals surface area contributed by atoms with Gasteiger partial charge in [0.25, 0.3) is 0 Å². The van der Waals surface area contributed by atoms with E-state index in [2.05, 4.69) is 179 Å². The number of anilines is 3. The molecule has 1 unspecified atom stereocenters. The average Bonchev–Trinajstić information content (AvgIpc) is 3.74. The lowest BCUT2D eigenvalue weighted by Gasteiger charge is -2.29. The molecule has 2 aliphatic carbocycles. The summed E-state index contributed by atoms with van der Waals surface area (Å²) in [5.74, 6) is 0.293. The number of rotatable bonds is 5. The first-order chi connectivity index (χ1) is 24.8. The summed E-state index contributed by atoms with van der Waals surface area (Å²) in [7, 11) is 0. The Hall–Kier alpha value is -5.34. The van der Waals surface area contributed by atoms with Gasteiger partial charge in [0.1, 0.15) is 5.58 Å². The Labute approximate surface area is 302 Å². The molecule has 0 amide bonds. The first-order valence-electron chi connectivity index (χ1n) is 18.6. The van der Waals surface area contributed by atoms with Gasteiger partial charge in [-0.15, -0.1) is 0 Å². The molecule has 2 nitrogen and oxygen atoms in total. The third-order valence-corrected chi connectivity index (χ3v) is 11.2. The zero-order chi connectivity index (χ0) is 35.5. The van der Waals surface area contributed by atoms with Crippen molar-refractivity contribution in [3.8, 4) is 11.1 Å². The predicted molar refractivity (Wildman–Crippen MR) is 219 cm³/mol. The molecule has 254 valence electrons. The minimum atomic E-state index is -0.106. The second-order valence-electron chi connectivity index (χ2n) is 15.0. The standard InChI is InChI=1S/C47H41NO.C2H6/c1-6-7-8-17-32-29-46(2,3)38-27-26-35-34-19-13-23-41(44(34)49-45(35)42(32)38)48(33-25-24-30-15-9-10-16-31(30)28-33)40-22-14-21-39-43(40)36-18-11-12-20-37(36)47(39,4)5;1-2/h6-28,32H,29H2,1-5H3;1-2H3/b7-6-,17-8-;. The molecule has 6 aromatic carbocycles. The van der Waals surface area contributed by atoms with Gasteiger partial charge in [0.05, 0.1) is 11.4 Å². The zero-order valence-electron chi connectivity index (χ0n) is 30.9. The number of para-hydroxylation sites is 1. The smallest absolute Gasteiger partial charge is 0.159 e. The van der Waals surface area contributed by atoms with Gasteiger partial charge in [-0.1, -0.05) is 157 Å². The van der Waals surface area contributed by atoms with Gasteiger partial charge in [-0.05, 0) is 76.1 Å². The maximum Gasteiger partial charge on any atom is 0.159 e. The van der Waals surface area contributed by atoms with Crippen LogP contribution in [0.5, 0.6) is 0 Å². The van der Waals surface area contributed by atoms with Crippen LogP contribution in [0, 0.1) is 0 Å². The van der Waals surface area contributed by atoms with Gasteiger partial charge in [-0.25, -0.2) is 0 Å². The topological polar surface area (TPSA) is 16.4 Å². The van der Waals surface area contributed by atoms with Crippen molar-refractivity contribution in [1.29, 1.82) is 0 Å². The molecule has 0 fully saturated rings. The van der Waals surface area contributed by atoms with E-state index in [1.807, 2.05) is 13.8 Å². The Morgan fingerprint density at radius 1 is 0.647 bits per heavy atom. The van der Waals surface area contributed by atoms with E-state index in [9.17, 15) is 0 Å². The van der Waals surface area contributed by atoms with Crippen LogP contribution >= 0.6 is 0 Å². The predicted octanol–water partition coefficient (Wildman–Crippen LogP) is 14.4. The molecule has 51 heavy (non-hydrogen) atoms. The van der Waals surface area contributed by atoms with E-state index >= 15 is 0 Å². The SMILES string of the molecule is C/C=C\C=C/C1CC(C)(C)c2ccc3c(oc4c(N(c5ccc6ccccc6c5)c5cccc6c5-c5ccccc5C6(C)C)cccc43)c21.CC. The van der Waals surface area contributed by atoms with Crippen LogP contribution in [-0.4, -0.2) is 0 Å². The number of allylic oxidation sites excluding steroid dienone is 4. The molecule has 1 heterocycles. The summed E-state index contributed by atoms with van der Waals surface area (Å²) in [5.41, 5.74) is 13.3. The maximum atomic E-state index is 7.20. The highest BCUT2D eigenvalue weighted by Gasteiger charge is 2.40. The van der Waals surface area contributed by atoms with Crippen LogP contribution in [0.25, 0.3) is 43.8 Å². The Balaban J connectivity index is 0.00000184. The fourth-order valence-electron chi connectivity index (χ4n) is 8.88. The van der Waals surface area contributed by atoms with Crippen LogP contribution in [0.3, 0.4) is 0 Å². The second kappa shape index (κ2) is 12.5. The molecule has 2 heteroatoms. The Kier molecular flexibility index (Phi) is 8.02. The van der Waals surface area contributed by atoms with Crippen LogP contribution in [0.4, 0.5) is 17.1 Å². The van der Waals surface area contributed by atoms with E-state index in [1.165, 1.54) is 49.5 Å². The molecule has 0 N–H and O–H groups in total. The van der Waals surface area contributed by atoms with E-state index in [-0.39, 0.29) is 10.8 Å². The summed E-state index contributed by atoms with van der Waals surface area (Å²) < 4.78 is 7.20. The molecule has 0 bridgehead atoms. The molecule has 1 atom stereocenters. The molecule has 0 saturated carbocycles. The van der Waals surface area contributed by atoms with Gasteiger partial charge in [-0.2, -0.15) is 0 Å². The molecule has 0 spiro atoms. The number of furan rings is 1. The summed E-state index contributed by atoms with van der Waals surface area (Å²) in [5, 5.41) is 4.77. The first kappa shape index (κ1) is 32.8. The van der Waals surface area contributed by atoms with E-state index in [4.69, 9.17) is 4.42 Å². The number of benzene rings is 6. The van der Waals surface area contributed by atoms with E-state index in [0.29, 0.717) is 5.92 Å². The van der Waals surface area contributed by atoms with Crippen LogP contribution in [-0.2, 0) is 10.8 Å². The molecular formula is C49H47NO. The van der Waals surface area contributed by atoms with Crippen LogP contribution in [0.2, 0.25) is 0 Å². The van der Waals surface area contributed by atoms with Gasteiger partial charge >= 0.3 is 0 Å². The van der Waals surface area contributed by atoms with Crippen molar-refractivity contribution in [3.63, 3.8) is 0 Å². The molecule has 9 rings (SSSR count). The van der Waals surface area contributed by atoms with Crippen LogP contribution in [0.15, 0.2) is 144 Å². The molecular weight excluding hydrogens is 619 g/mol. The lowest BCUT2D eigenvalue weighted by molar-refractivity contribution is 0.503. The summed E-state index contributed by atoms with van der Waals surface area (Å²) in [6.07, 6.45) is 9.83. The average molecular weight is 666 g/mol. The summed E-state index contributed by atoms with van der Waals surface area (Å²) in [4.78, 5) is 2.45. The van der Waals surface area contributed by atoms with Crippen molar-refractivity contribution in [1.82, 2.24) is 0 Å². The van der Waals surface area contributed by atoms with Crippen molar-refractivity contribution in [3.05, 3.63) is 162 Å². The van der Waals surface area contributed by atoms with Crippen molar-refractivity contribution >= 4 is 49.8 Å². The molecule has 1 aromatic heterocycles. The third-order valence-electron chi connectivity index (χ3n) is 11.2. The van der Waals surface area contributed by atoms with Crippen molar-refractivity contribution in [2.75, 3.05) is 4.90 Å². The number of nitrogens with zero attached hydrogens (tertiary/aromatic N) is 1. The Bertz CT molecular complexity index is 2500. The van der Waals surface area contributed by atoms with Gasteiger partial charge in [0, 0.05) is 38.9 Å². The second-order valence-corrected chi connectivity index (χ2v) is 15.0. The Morgan fingerprint density at radius 2 is 1.35 bits per heavy atom. The fraction of sp³-hybridized carbons (Fsp3) is 0.224. The molecule has 0 radical (unpaired) electrons. The number of hydrogen-bond acceptors (Lipinski definition) is 2. The minimum Gasteiger partial charge on any atom is -0.454 e. The van der Waals surface area contributed by atoms with Crippen molar-refractivity contribution in [2.24, 2.45) is 0 Å². The van der Waals surface area contributed by atoms with Gasteiger partial charge in [0.2, 0.25) is 0 Å². The highest BCUT2D eigenvalue weighted by atomic mass is 16.3. The van der Waals surface area contributed by atoms with Crippen LogP contribution in [0.1, 0.15) is 83.1 Å². The zero-order valence-corrected chi connectivity index (χ0v) is 30.9. The summed E-state index contributed by atoms with van der Waals surface area (Å²) >= 11 is 0. The molecule has 2 aliphatic rings. The van der Waals surface area contributed by atoms with Crippen LogP contribution < -0.4 is 4.90 Å². The van der Waals surface area contributed by atoms with E-state index < -0.39 is 0 Å². The monoisotopic (exact) mass is 665 g/mol. The van der Waals surface area contributed by atoms with E-state index in [0.717, 1.165) is 40.0 Å². The lowest BCUT2D eigenvalue weighted by atomic mass is 9.82. The van der Waals surface area contributed by atoms with Gasteiger partial charge in [-0.3, -0.25) is 0 Å². The highest BCUT2D eigenvalue weighted by Crippen LogP contribution is 2.56. The summed E-state index contributed by atoms with van der Waals surface area (Å²) in [6, 6.07) is 42.5. The molecule has 7 aromatic rings. The number of fused-ring (bicyclic) bond motifs is 9. The summed E-state index contributed by atoms with van der Waals surface area (Å²) in [6.45, 7) is 15.5. The van der Waals surface area contributed by atoms with E-state index in [1.54, 1.807) is 0 Å². The fourth-order valence-corrected chi connectivity index (χ4v) is 8.88. The van der Waals surface area contributed by atoms with Gasteiger partial charge < -0.3 is 9.32 Å². The highest BCUT2D eigenvalue weighted by molar-refractivity contribution is 6.12. The minimum absolute atomic E-state index is 0.0676. The third kappa shape index (κ3) is 5.07. The molecule has 0 saturated heterocycles. The molecule has 0 aliphatic heterocycles. The normalized spacial score (nSPS) is 16.8. The maximum absolute atomic E-state index is 7.20. The van der Waals surface area contributed by atoms with Crippen molar-refractivity contribution in [2.45, 2.75) is 71.6 Å². The lowest BCUT2D eigenvalue weighted by Crippen LogP contribution is -2.16. The Morgan fingerprint density at radius 3 is 2.18 bits per heavy atom. The van der Waals surface area contributed by atoms with Crippen molar-refractivity contribution < 1.29 is 4.42 Å². The number of hydrogen-bond donors (Lipinski definition) is 0. The van der Waals surface area contributed by atoms with Gasteiger partial charge in [0.15, 0.2) is 5.58 Å².